The Morgan fingerprint density at radius 1 is 0.518 bits per heavy atom. The van der Waals surface area contributed by atoms with Crippen LogP contribution in [0.3, 0.4) is 0 Å². The number of hydrogen-bond donors (Lipinski definition) is 0. The Bertz CT molecular complexity index is 3870. The molecule has 11 aromatic carbocycles. The average molecular weight is 708 g/mol. The second-order valence-electron chi connectivity index (χ2n) is 17.4. The van der Waals surface area contributed by atoms with Gasteiger partial charge in [0, 0.05) is 46.7 Å². The summed E-state index contributed by atoms with van der Waals surface area (Å²) in [5, 5.41) is 43.9. The van der Waals surface area contributed by atoms with Crippen LogP contribution in [0.1, 0.15) is 79.1 Å². The highest BCUT2D eigenvalue weighted by Gasteiger charge is 2.49. The first-order valence-corrected chi connectivity index (χ1v) is 19.8. The Morgan fingerprint density at radius 3 is 1.62 bits per heavy atom. The van der Waals surface area contributed by atoms with Crippen molar-refractivity contribution in [1.82, 2.24) is 4.90 Å². The highest BCUT2D eigenvalue weighted by molar-refractivity contribution is 6.58. The van der Waals surface area contributed by atoms with Crippen molar-refractivity contribution in [3.05, 3.63) is 140 Å². The molecule has 16 rings (SSSR count). The standard InChI is InChI=1S/C51H25N5/c1-56-17-33-30-15-25-12-23-10-20-6-7-21-11-24-13-26-16-32(42-41(30)45-38(25)36(23)43-34(20)35(21)44-37(24)39(26)46(42)48(45)47(43)44)40(33)51(56)22-8-9-29-31(14-22)50(55-19-53)28-5-3-2-4-27(28)49(29)54-18-52/h2-11,14-16,33,40,51H,12-13,17H2,1H3. The SMILES string of the molecule is CN1CC2c3cc4c5c6c(cc7ccc8cc9c%10c%11c(cc(c%12c3c5c(c%12%11)c3c6c7c8c%103)C2C1c1ccc2c(c1)C(=NC#N)c1ccccc1C2=NC#N)C9)C4. The van der Waals surface area contributed by atoms with Crippen molar-refractivity contribution in [2.75, 3.05) is 13.6 Å². The molecule has 0 aromatic heterocycles. The third kappa shape index (κ3) is 2.60. The van der Waals surface area contributed by atoms with Gasteiger partial charge in [-0.25, -0.2) is 0 Å². The Morgan fingerprint density at radius 2 is 1.02 bits per heavy atom. The molecule has 0 spiro atoms. The number of aliphatic imine (C=N–C) groups is 2. The van der Waals surface area contributed by atoms with Gasteiger partial charge in [0.2, 0.25) is 12.4 Å². The van der Waals surface area contributed by atoms with Crippen molar-refractivity contribution in [3.8, 4) is 12.4 Å². The maximum Gasteiger partial charge on any atom is 0.206 e. The van der Waals surface area contributed by atoms with Gasteiger partial charge >= 0.3 is 0 Å². The van der Waals surface area contributed by atoms with E-state index in [1.165, 1.54) is 109 Å². The lowest BCUT2D eigenvalue weighted by Gasteiger charge is -2.33. The molecule has 5 nitrogen and oxygen atoms in total. The van der Waals surface area contributed by atoms with E-state index in [1.807, 2.05) is 24.3 Å². The first kappa shape index (κ1) is 27.6. The summed E-state index contributed by atoms with van der Waals surface area (Å²) in [7, 11) is 2.30. The van der Waals surface area contributed by atoms with E-state index in [2.05, 4.69) is 88.9 Å². The van der Waals surface area contributed by atoms with E-state index in [4.69, 9.17) is 0 Å². The normalized spacial score (nSPS) is 21.9. The number of hydrogen-bond acceptors (Lipinski definition) is 5. The molecule has 0 bridgehead atoms. The fraction of sp³-hybridized carbons (Fsp3) is 0.137. The summed E-state index contributed by atoms with van der Waals surface area (Å²) in [6, 6.07) is 29.7. The predicted octanol–water partition coefficient (Wildman–Crippen LogP) is 10.7. The maximum absolute atomic E-state index is 9.95. The van der Waals surface area contributed by atoms with Crippen LogP contribution in [0.4, 0.5) is 0 Å². The summed E-state index contributed by atoms with van der Waals surface area (Å²) in [5.74, 6) is 0.585. The number of likely N-dealkylation sites (tertiary alicyclic amines) is 1. The molecular formula is C51H25N5. The molecule has 11 aromatic rings. The highest BCUT2D eigenvalue weighted by Crippen LogP contribution is 2.67. The molecule has 1 heterocycles. The van der Waals surface area contributed by atoms with E-state index < -0.39 is 0 Å². The van der Waals surface area contributed by atoms with Gasteiger partial charge in [0.15, 0.2) is 0 Å². The minimum atomic E-state index is 0.106. The van der Waals surface area contributed by atoms with Crippen LogP contribution in [0.2, 0.25) is 0 Å². The van der Waals surface area contributed by atoms with E-state index >= 15 is 0 Å². The van der Waals surface area contributed by atoms with Gasteiger partial charge in [0.25, 0.3) is 0 Å². The van der Waals surface area contributed by atoms with Crippen molar-refractivity contribution in [2.45, 2.75) is 30.7 Å². The average Bonchev–Trinajstić information content (AvgIpc) is 4.02. The summed E-state index contributed by atoms with van der Waals surface area (Å²) in [6.07, 6.45) is 6.12. The number of benzene rings is 9. The van der Waals surface area contributed by atoms with Crippen LogP contribution in [-0.2, 0) is 12.8 Å². The molecule has 56 heavy (non-hydrogen) atoms. The van der Waals surface area contributed by atoms with Crippen LogP contribution >= 0.6 is 0 Å². The Hall–Kier alpha value is -6.92. The van der Waals surface area contributed by atoms with E-state index in [9.17, 15) is 10.5 Å². The number of nitrogens with zero attached hydrogens (tertiary/aromatic N) is 5. The molecule has 254 valence electrons. The molecule has 3 unspecified atom stereocenters. The minimum absolute atomic E-state index is 0.106. The lowest BCUT2D eigenvalue weighted by atomic mass is 9.71. The van der Waals surface area contributed by atoms with Gasteiger partial charge in [-0.1, -0.05) is 72.8 Å². The largest absolute Gasteiger partial charge is 0.298 e. The van der Waals surface area contributed by atoms with Gasteiger partial charge in [-0.05, 0) is 151 Å². The Kier molecular flexibility index (Phi) is 4.19. The minimum Gasteiger partial charge on any atom is -0.298 e. The molecule has 5 aliphatic rings. The second kappa shape index (κ2) is 8.48. The fourth-order valence-corrected chi connectivity index (χ4v) is 13.8. The molecule has 1 saturated heterocycles. The summed E-state index contributed by atoms with van der Waals surface area (Å²) < 4.78 is 0. The molecule has 1 fully saturated rings. The number of rotatable bonds is 1. The van der Waals surface area contributed by atoms with Gasteiger partial charge in [-0.3, -0.25) is 4.90 Å². The zero-order valence-electron chi connectivity index (χ0n) is 30.1. The number of nitriles is 2. The van der Waals surface area contributed by atoms with Crippen LogP contribution in [0.5, 0.6) is 0 Å². The van der Waals surface area contributed by atoms with Gasteiger partial charge < -0.3 is 0 Å². The van der Waals surface area contributed by atoms with Gasteiger partial charge in [0.05, 0.1) is 11.4 Å². The molecular weight excluding hydrogens is 683 g/mol. The third-order valence-corrected chi connectivity index (χ3v) is 15.4. The molecule has 0 radical (unpaired) electrons. The number of likely N-dealkylation sites (N-methyl/N-ethyl adjacent to an activating group) is 1. The summed E-state index contributed by atoms with van der Waals surface area (Å²) >= 11 is 0. The third-order valence-electron chi connectivity index (χ3n) is 15.4. The monoisotopic (exact) mass is 707 g/mol. The highest BCUT2D eigenvalue weighted by atomic mass is 15.2. The van der Waals surface area contributed by atoms with Crippen molar-refractivity contribution in [3.63, 3.8) is 0 Å². The Labute approximate surface area is 318 Å². The molecule has 0 amide bonds. The molecule has 5 heteroatoms. The first-order chi connectivity index (χ1) is 27.6. The fourth-order valence-electron chi connectivity index (χ4n) is 13.8. The zero-order valence-corrected chi connectivity index (χ0v) is 30.1. The van der Waals surface area contributed by atoms with E-state index in [0.717, 1.165) is 41.6 Å². The van der Waals surface area contributed by atoms with Crippen molar-refractivity contribution in [2.24, 2.45) is 9.98 Å². The summed E-state index contributed by atoms with van der Waals surface area (Å²) in [5.41, 5.74) is 14.9. The van der Waals surface area contributed by atoms with Crippen molar-refractivity contribution < 1.29 is 0 Å². The van der Waals surface area contributed by atoms with Crippen LogP contribution in [-0.4, -0.2) is 29.9 Å². The molecule has 1 aliphatic heterocycles. The molecule has 3 atom stereocenters. The summed E-state index contributed by atoms with van der Waals surface area (Å²) in [6.45, 7) is 0.964. The topological polar surface area (TPSA) is 75.5 Å². The maximum atomic E-state index is 9.95. The first-order valence-electron chi connectivity index (χ1n) is 19.8. The molecule has 4 aliphatic carbocycles. The lowest BCUT2D eigenvalue weighted by Crippen LogP contribution is -2.25. The van der Waals surface area contributed by atoms with E-state index in [1.54, 1.807) is 16.2 Å². The quantitative estimate of drug-likeness (QED) is 0.126. The number of fused-ring (bicyclic) bond motifs is 5. The molecule has 0 saturated carbocycles. The van der Waals surface area contributed by atoms with Crippen LogP contribution in [0.25, 0.3) is 86.2 Å². The van der Waals surface area contributed by atoms with Crippen molar-refractivity contribution in [1.29, 1.82) is 10.5 Å². The second-order valence-corrected chi connectivity index (χ2v) is 17.4. The lowest BCUT2D eigenvalue weighted by molar-refractivity contribution is 0.304. The van der Waals surface area contributed by atoms with E-state index in [0.29, 0.717) is 17.3 Å². The molecule has 0 N–H and O–H groups in total. The van der Waals surface area contributed by atoms with Gasteiger partial charge in [0.1, 0.15) is 0 Å². The van der Waals surface area contributed by atoms with Gasteiger partial charge in [-0.2, -0.15) is 20.5 Å². The van der Waals surface area contributed by atoms with Crippen LogP contribution in [0.15, 0.2) is 88.8 Å². The predicted molar refractivity (Wildman–Crippen MR) is 224 cm³/mol. The van der Waals surface area contributed by atoms with Crippen LogP contribution < -0.4 is 0 Å². The van der Waals surface area contributed by atoms with E-state index in [-0.39, 0.29) is 12.0 Å². The van der Waals surface area contributed by atoms with Gasteiger partial charge in [-0.15, -0.1) is 0 Å². The van der Waals surface area contributed by atoms with Crippen molar-refractivity contribution >= 4 is 97.6 Å². The Balaban J connectivity index is 1.03. The smallest absolute Gasteiger partial charge is 0.206 e. The summed E-state index contributed by atoms with van der Waals surface area (Å²) in [4.78, 5) is 11.3. The zero-order chi connectivity index (χ0) is 36.2. The van der Waals surface area contributed by atoms with Crippen LogP contribution in [0, 0.1) is 22.9 Å².